The van der Waals surface area contributed by atoms with Gasteiger partial charge in [0.2, 0.25) is 0 Å². The lowest BCUT2D eigenvalue weighted by atomic mass is 9.95. The number of hydrogen-bond donors (Lipinski definition) is 1. The van der Waals surface area contributed by atoms with Gasteiger partial charge in [0.1, 0.15) is 5.75 Å². The van der Waals surface area contributed by atoms with Crippen LogP contribution in [0.3, 0.4) is 0 Å². The van der Waals surface area contributed by atoms with Crippen molar-refractivity contribution in [1.29, 1.82) is 0 Å². The lowest BCUT2D eigenvalue weighted by Gasteiger charge is -2.38. The first-order chi connectivity index (χ1) is 11.2. The van der Waals surface area contributed by atoms with Crippen LogP contribution in [0.2, 0.25) is 0 Å². The first-order valence-corrected chi connectivity index (χ1v) is 8.75. The number of hydrogen-bond acceptors (Lipinski definition) is 5. The molecule has 5 nitrogen and oxygen atoms in total. The minimum Gasteiger partial charge on any atom is -0.495 e. The molecule has 23 heavy (non-hydrogen) atoms. The van der Waals surface area contributed by atoms with Gasteiger partial charge in [0.15, 0.2) is 0 Å². The van der Waals surface area contributed by atoms with Crippen LogP contribution in [0.15, 0.2) is 18.2 Å². The molecule has 0 bridgehead atoms. The predicted octanol–water partition coefficient (Wildman–Crippen LogP) is 1.74. The van der Waals surface area contributed by atoms with E-state index >= 15 is 0 Å². The number of nitrogens with two attached hydrogens (primary N) is 1. The Balaban J connectivity index is 1.50. The highest BCUT2D eigenvalue weighted by Gasteiger charge is 2.23. The molecule has 0 aliphatic carbocycles. The molecule has 5 heteroatoms. The Morgan fingerprint density at radius 3 is 2.43 bits per heavy atom. The number of anilines is 2. The Morgan fingerprint density at radius 2 is 1.78 bits per heavy atom. The molecular weight excluding hydrogens is 288 g/mol. The predicted molar refractivity (Wildman–Crippen MR) is 96.3 cm³/mol. The van der Waals surface area contributed by atoms with Gasteiger partial charge in [-0.25, -0.2) is 0 Å². The SMILES string of the molecule is COc1cc(N2CCC(CN3CCN(C)CC3)CC2)ccc1N. The summed E-state index contributed by atoms with van der Waals surface area (Å²) in [4.78, 5) is 7.53. The van der Waals surface area contributed by atoms with Crippen LogP contribution in [-0.4, -0.2) is 69.8 Å². The van der Waals surface area contributed by atoms with E-state index in [1.165, 1.54) is 51.3 Å². The lowest BCUT2D eigenvalue weighted by Crippen LogP contribution is -2.47. The number of likely N-dealkylation sites (N-methyl/N-ethyl adjacent to an activating group) is 1. The van der Waals surface area contributed by atoms with Crippen molar-refractivity contribution >= 4 is 11.4 Å². The van der Waals surface area contributed by atoms with Gasteiger partial charge in [-0.1, -0.05) is 0 Å². The summed E-state index contributed by atoms with van der Waals surface area (Å²) in [5.74, 6) is 1.62. The summed E-state index contributed by atoms with van der Waals surface area (Å²) in [6.07, 6.45) is 2.55. The molecule has 1 aromatic rings. The van der Waals surface area contributed by atoms with E-state index in [0.29, 0.717) is 5.69 Å². The summed E-state index contributed by atoms with van der Waals surface area (Å²) in [6, 6.07) is 6.12. The Bertz CT molecular complexity index is 506. The van der Waals surface area contributed by atoms with Crippen molar-refractivity contribution in [2.45, 2.75) is 12.8 Å². The second kappa shape index (κ2) is 7.41. The average molecular weight is 318 g/mol. The zero-order valence-electron chi connectivity index (χ0n) is 14.5. The molecule has 2 saturated heterocycles. The van der Waals surface area contributed by atoms with E-state index in [1.54, 1.807) is 7.11 Å². The Morgan fingerprint density at radius 1 is 1.09 bits per heavy atom. The highest BCUT2D eigenvalue weighted by Crippen LogP contribution is 2.30. The van der Waals surface area contributed by atoms with Gasteiger partial charge in [0.25, 0.3) is 0 Å². The largest absolute Gasteiger partial charge is 0.495 e. The van der Waals surface area contributed by atoms with Crippen molar-refractivity contribution in [3.63, 3.8) is 0 Å². The Hall–Kier alpha value is -1.46. The summed E-state index contributed by atoms with van der Waals surface area (Å²) in [7, 11) is 3.90. The molecule has 3 rings (SSSR count). The topological polar surface area (TPSA) is 45.0 Å². The van der Waals surface area contributed by atoms with Crippen LogP contribution in [0.25, 0.3) is 0 Å². The fraction of sp³-hybridized carbons (Fsp3) is 0.667. The summed E-state index contributed by atoms with van der Waals surface area (Å²) >= 11 is 0. The normalized spacial score (nSPS) is 21.6. The molecule has 0 saturated carbocycles. The molecule has 2 heterocycles. The molecule has 2 fully saturated rings. The first kappa shape index (κ1) is 16.4. The van der Waals surface area contributed by atoms with Gasteiger partial charge < -0.3 is 25.2 Å². The summed E-state index contributed by atoms with van der Waals surface area (Å²) in [6.45, 7) is 8.41. The molecule has 1 aromatic carbocycles. The molecule has 0 aromatic heterocycles. The van der Waals surface area contributed by atoms with Crippen LogP contribution in [0.5, 0.6) is 5.75 Å². The van der Waals surface area contributed by atoms with Crippen molar-refractivity contribution < 1.29 is 4.74 Å². The fourth-order valence-electron chi connectivity index (χ4n) is 3.67. The second-order valence-corrected chi connectivity index (χ2v) is 6.96. The number of piperidine rings is 1. The molecule has 0 radical (unpaired) electrons. The minimum absolute atomic E-state index is 0.709. The van der Waals surface area contributed by atoms with Crippen LogP contribution in [0.1, 0.15) is 12.8 Å². The number of methoxy groups -OCH3 is 1. The molecule has 2 aliphatic heterocycles. The molecule has 0 amide bonds. The number of piperazine rings is 1. The van der Waals surface area contributed by atoms with Crippen LogP contribution < -0.4 is 15.4 Å². The van der Waals surface area contributed by atoms with Gasteiger partial charge in [-0.3, -0.25) is 0 Å². The van der Waals surface area contributed by atoms with E-state index in [1.807, 2.05) is 6.07 Å². The molecule has 128 valence electrons. The van der Waals surface area contributed by atoms with Gasteiger partial charge >= 0.3 is 0 Å². The van der Waals surface area contributed by atoms with E-state index in [2.05, 4.69) is 33.9 Å². The molecule has 0 spiro atoms. The van der Waals surface area contributed by atoms with E-state index in [-0.39, 0.29) is 0 Å². The number of rotatable bonds is 4. The van der Waals surface area contributed by atoms with Crippen LogP contribution in [0.4, 0.5) is 11.4 Å². The zero-order chi connectivity index (χ0) is 16.2. The highest BCUT2D eigenvalue weighted by molar-refractivity contribution is 5.62. The van der Waals surface area contributed by atoms with Gasteiger partial charge in [0, 0.05) is 57.6 Å². The van der Waals surface area contributed by atoms with Crippen LogP contribution in [0, 0.1) is 5.92 Å². The van der Waals surface area contributed by atoms with Crippen LogP contribution >= 0.6 is 0 Å². The van der Waals surface area contributed by atoms with Crippen LogP contribution in [-0.2, 0) is 0 Å². The maximum atomic E-state index is 5.91. The molecule has 2 aliphatic rings. The van der Waals surface area contributed by atoms with Gasteiger partial charge in [0.05, 0.1) is 12.8 Å². The smallest absolute Gasteiger partial charge is 0.143 e. The minimum atomic E-state index is 0.709. The quantitative estimate of drug-likeness (QED) is 0.857. The first-order valence-electron chi connectivity index (χ1n) is 8.75. The van der Waals surface area contributed by atoms with Crippen molar-refractivity contribution in [3.8, 4) is 5.75 Å². The maximum Gasteiger partial charge on any atom is 0.143 e. The van der Waals surface area contributed by atoms with Crippen molar-refractivity contribution in [2.24, 2.45) is 5.92 Å². The zero-order valence-corrected chi connectivity index (χ0v) is 14.5. The lowest BCUT2D eigenvalue weighted by molar-refractivity contribution is 0.129. The monoisotopic (exact) mass is 318 g/mol. The van der Waals surface area contributed by atoms with Crippen molar-refractivity contribution in [3.05, 3.63) is 18.2 Å². The molecule has 0 atom stereocenters. The number of nitrogens with zero attached hydrogens (tertiary/aromatic N) is 3. The third-order valence-electron chi connectivity index (χ3n) is 5.31. The number of ether oxygens (including phenoxy) is 1. The van der Waals surface area contributed by atoms with E-state index in [9.17, 15) is 0 Å². The fourth-order valence-corrected chi connectivity index (χ4v) is 3.67. The third-order valence-corrected chi connectivity index (χ3v) is 5.31. The standard InChI is InChI=1S/C18H30N4O/c1-20-9-11-21(12-10-20)14-15-5-7-22(8-6-15)16-3-4-17(19)18(13-16)23-2/h3-4,13,15H,5-12,14,19H2,1-2H3. The van der Waals surface area contributed by atoms with E-state index in [4.69, 9.17) is 10.5 Å². The average Bonchev–Trinajstić information content (AvgIpc) is 2.58. The van der Waals surface area contributed by atoms with Gasteiger partial charge in [-0.15, -0.1) is 0 Å². The van der Waals surface area contributed by atoms with E-state index in [0.717, 1.165) is 24.8 Å². The number of benzene rings is 1. The summed E-state index contributed by atoms with van der Waals surface area (Å²) < 4.78 is 5.34. The Kier molecular flexibility index (Phi) is 5.28. The van der Waals surface area contributed by atoms with Crippen molar-refractivity contribution in [2.75, 3.05) is 70.6 Å². The molecule has 0 unspecified atom stereocenters. The number of nitrogen functional groups attached to an aromatic ring is 1. The maximum absolute atomic E-state index is 5.91. The van der Waals surface area contributed by atoms with Gasteiger partial charge in [-0.2, -0.15) is 0 Å². The summed E-state index contributed by atoms with van der Waals surface area (Å²) in [5.41, 5.74) is 7.85. The Labute approximate surface area is 140 Å². The molecular formula is C18H30N4O. The molecule has 2 N–H and O–H groups in total. The van der Waals surface area contributed by atoms with Crippen molar-refractivity contribution in [1.82, 2.24) is 9.80 Å². The van der Waals surface area contributed by atoms with Gasteiger partial charge in [-0.05, 0) is 37.9 Å². The second-order valence-electron chi connectivity index (χ2n) is 6.96. The third kappa shape index (κ3) is 4.09. The summed E-state index contributed by atoms with van der Waals surface area (Å²) in [5, 5.41) is 0. The highest BCUT2D eigenvalue weighted by atomic mass is 16.5. The van der Waals surface area contributed by atoms with E-state index < -0.39 is 0 Å².